The molecular weight excluding hydrogens is 681 g/mol. The van der Waals surface area contributed by atoms with E-state index in [1.54, 1.807) is 11.3 Å². The van der Waals surface area contributed by atoms with Crippen molar-refractivity contribution in [1.82, 2.24) is 19.1 Å². The number of hydrogen-bond acceptors (Lipinski definition) is 4. The highest BCUT2D eigenvalue weighted by atomic mass is 32.1. The molecule has 0 aliphatic carbocycles. The van der Waals surface area contributed by atoms with E-state index in [1.165, 1.54) is 48.6 Å². The molecule has 262 valence electrons. The molecule has 10 rings (SSSR count). The average Bonchev–Trinajstić information content (AvgIpc) is 3.86. The smallest absolute Gasteiger partial charge is 0.139 e. The number of fused-ring (bicyclic) bond motifs is 7. The van der Waals surface area contributed by atoms with E-state index in [2.05, 4.69) is 171 Å². The summed E-state index contributed by atoms with van der Waals surface area (Å²) in [6.45, 7) is 11.1. The number of pyridine rings is 1. The Kier molecular flexibility index (Phi) is 7.29. The van der Waals surface area contributed by atoms with Crippen LogP contribution in [0.5, 0.6) is 11.5 Å². The Morgan fingerprint density at radius 1 is 0.593 bits per heavy atom. The number of aryl methyl sites for hydroxylation is 2. The predicted molar refractivity (Wildman–Crippen MR) is 226 cm³/mol. The third-order valence-corrected chi connectivity index (χ3v) is 11.7. The van der Waals surface area contributed by atoms with Gasteiger partial charge in [0.2, 0.25) is 0 Å². The van der Waals surface area contributed by atoms with E-state index in [0.29, 0.717) is 0 Å². The van der Waals surface area contributed by atoms with Gasteiger partial charge in [-0.3, -0.25) is 4.57 Å². The molecular formula is C48H38N4OS. The predicted octanol–water partition coefficient (Wildman–Crippen LogP) is 13.3. The molecule has 0 saturated carbocycles. The number of hydrogen-bond donors (Lipinski definition) is 0. The van der Waals surface area contributed by atoms with Crippen molar-refractivity contribution >= 4 is 65.2 Å². The molecule has 6 heteroatoms. The Hall–Kier alpha value is -6.24. The van der Waals surface area contributed by atoms with Gasteiger partial charge in [-0.1, -0.05) is 87.5 Å². The minimum atomic E-state index is -0.0781. The number of thiazole rings is 1. The summed E-state index contributed by atoms with van der Waals surface area (Å²) >= 11 is 1.71. The maximum atomic E-state index is 6.79. The van der Waals surface area contributed by atoms with Crippen LogP contribution in [0, 0.1) is 13.8 Å². The molecule has 0 aliphatic rings. The molecule has 0 N–H and O–H groups in total. The molecule has 0 fully saturated rings. The second-order valence-corrected chi connectivity index (χ2v) is 16.3. The van der Waals surface area contributed by atoms with Crippen LogP contribution >= 0.6 is 11.3 Å². The summed E-state index contributed by atoms with van der Waals surface area (Å²) in [5.74, 6) is 2.40. The topological polar surface area (TPSA) is 44.9 Å². The van der Waals surface area contributed by atoms with Crippen LogP contribution in [0.1, 0.15) is 37.5 Å². The van der Waals surface area contributed by atoms with Gasteiger partial charge in [-0.15, -0.1) is 11.3 Å². The molecule has 4 aromatic heterocycles. The van der Waals surface area contributed by atoms with Crippen LogP contribution in [0.15, 0.2) is 140 Å². The third kappa shape index (κ3) is 5.20. The first-order valence-electron chi connectivity index (χ1n) is 18.4. The van der Waals surface area contributed by atoms with Gasteiger partial charge in [0.05, 0.1) is 38.0 Å². The van der Waals surface area contributed by atoms with Crippen LogP contribution in [0.25, 0.3) is 75.9 Å². The molecule has 0 unspecified atom stereocenters. The van der Waals surface area contributed by atoms with Crippen LogP contribution in [-0.4, -0.2) is 19.1 Å². The highest BCUT2D eigenvalue weighted by Gasteiger charge is 2.21. The zero-order valence-electron chi connectivity index (χ0n) is 30.9. The van der Waals surface area contributed by atoms with E-state index in [4.69, 9.17) is 14.7 Å². The Bertz CT molecular complexity index is 3010. The van der Waals surface area contributed by atoms with Crippen molar-refractivity contribution < 1.29 is 4.74 Å². The minimum absolute atomic E-state index is 0.0781. The van der Waals surface area contributed by atoms with Gasteiger partial charge in [0.25, 0.3) is 0 Å². The van der Waals surface area contributed by atoms with Crippen molar-refractivity contribution in [3.05, 3.63) is 156 Å². The number of rotatable bonds is 5. The SMILES string of the molecule is Cc1cccc2c3cccc(C)c3n(-c3ccnc(-n4c5ccccc5c5ccc(Oc6cc(-c7nc8ccccc8s7)cc(C(C)(C)C)c6)cc54)c3)c12. The van der Waals surface area contributed by atoms with Gasteiger partial charge >= 0.3 is 0 Å². The van der Waals surface area contributed by atoms with Gasteiger partial charge in [0, 0.05) is 45.4 Å². The van der Waals surface area contributed by atoms with Gasteiger partial charge in [0.15, 0.2) is 0 Å². The van der Waals surface area contributed by atoms with Gasteiger partial charge in [-0.05, 0) is 90.6 Å². The summed E-state index contributed by atoms with van der Waals surface area (Å²) in [5.41, 5.74) is 11.3. The van der Waals surface area contributed by atoms with Crippen molar-refractivity contribution in [2.75, 3.05) is 0 Å². The highest BCUT2D eigenvalue weighted by molar-refractivity contribution is 7.21. The van der Waals surface area contributed by atoms with Crippen LogP contribution in [0.4, 0.5) is 0 Å². The van der Waals surface area contributed by atoms with Crippen molar-refractivity contribution in [2.45, 2.75) is 40.0 Å². The molecule has 0 amide bonds. The molecule has 0 radical (unpaired) electrons. The first-order chi connectivity index (χ1) is 26.2. The van der Waals surface area contributed by atoms with Crippen molar-refractivity contribution in [3.8, 4) is 33.6 Å². The number of benzene rings is 6. The van der Waals surface area contributed by atoms with Crippen LogP contribution in [-0.2, 0) is 5.41 Å². The monoisotopic (exact) mass is 718 g/mol. The molecule has 0 atom stereocenters. The fourth-order valence-electron chi connectivity index (χ4n) is 7.99. The second kappa shape index (κ2) is 12.2. The molecule has 4 heterocycles. The van der Waals surface area contributed by atoms with Crippen molar-refractivity contribution in [3.63, 3.8) is 0 Å². The Morgan fingerprint density at radius 3 is 2.06 bits per heavy atom. The quantitative estimate of drug-likeness (QED) is 0.178. The second-order valence-electron chi connectivity index (χ2n) is 15.3. The number of nitrogens with zero attached hydrogens (tertiary/aromatic N) is 4. The van der Waals surface area contributed by atoms with E-state index >= 15 is 0 Å². The van der Waals surface area contributed by atoms with E-state index in [9.17, 15) is 0 Å². The molecule has 0 saturated heterocycles. The molecule has 5 nitrogen and oxygen atoms in total. The minimum Gasteiger partial charge on any atom is -0.457 e. The maximum Gasteiger partial charge on any atom is 0.139 e. The summed E-state index contributed by atoms with van der Waals surface area (Å²) in [7, 11) is 0. The van der Waals surface area contributed by atoms with Crippen LogP contribution in [0.3, 0.4) is 0 Å². The average molecular weight is 719 g/mol. The molecule has 0 aliphatic heterocycles. The molecule has 54 heavy (non-hydrogen) atoms. The normalized spacial score (nSPS) is 12.2. The Balaban J connectivity index is 1.13. The lowest BCUT2D eigenvalue weighted by Gasteiger charge is -2.21. The van der Waals surface area contributed by atoms with Gasteiger partial charge < -0.3 is 9.30 Å². The van der Waals surface area contributed by atoms with Crippen LogP contribution < -0.4 is 4.74 Å². The van der Waals surface area contributed by atoms with Crippen LogP contribution in [0.2, 0.25) is 0 Å². The van der Waals surface area contributed by atoms with Crippen molar-refractivity contribution in [1.29, 1.82) is 0 Å². The van der Waals surface area contributed by atoms with Gasteiger partial charge in [-0.2, -0.15) is 0 Å². The zero-order valence-corrected chi connectivity index (χ0v) is 31.7. The lowest BCUT2D eigenvalue weighted by molar-refractivity contribution is 0.479. The number of ether oxygens (including phenoxy) is 1. The molecule has 10 aromatic rings. The largest absolute Gasteiger partial charge is 0.457 e. The fraction of sp³-hybridized carbons (Fsp3) is 0.125. The number of para-hydroxylation sites is 4. The first kappa shape index (κ1) is 32.4. The first-order valence-corrected chi connectivity index (χ1v) is 19.2. The van der Waals surface area contributed by atoms with Crippen molar-refractivity contribution in [2.24, 2.45) is 0 Å². The summed E-state index contributed by atoms with van der Waals surface area (Å²) in [6, 6.07) is 47.3. The zero-order chi connectivity index (χ0) is 36.7. The lowest BCUT2D eigenvalue weighted by atomic mass is 9.86. The molecule has 0 bridgehead atoms. The Morgan fingerprint density at radius 2 is 1.30 bits per heavy atom. The summed E-state index contributed by atoms with van der Waals surface area (Å²) in [5, 5.41) is 5.82. The van der Waals surface area contributed by atoms with E-state index < -0.39 is 0 Å². The standard InChI is InChI=1S/C48H38N4OS/c1-29-12-10-15-38-39-16-11-13-30(2)46(39)51(45(29)38)33-22-23-49-44(27-33)52-41-18-8-6-14-36(41)37-21-20-34(28-42(37)52)53-35-25-31(24-32(26-35)48(3,4)5)47-50-40-17-7-9-19-43(40)54-47/h6-28H,1-5H3. The molecule has 0 spiro atoms. The van der Waals surface area contributed by atoms with E-state index in [-0.39, 0.29) is 5.41 Å². The third-order valence-electron chi connectivity index (χ3n) is 10.6. The maximum absolute atomic E-state index is 6.79. The highest BCUT2D eigenvalue weighted by Crippen LogP contribution is 2.40. The Labute approximate surface area is 317 Å². The van der Waals surface area contributed by atoms with E-state index in [0.717, 1.165) is 55.5 Å². The summed E-state index contributed by atoms with van der Waals surface area (Å²) in [6.07, 6.45) is 1.93. The van der Waals surface area contributed by atoms with Gasteiger partial charge in [-0.25, -0.2) is 9.97 Å². The van der Waals surface area contributed by atoms with E-state index in [1.807, 2.05) is 12.3 Å². The number of aromatic nitrogens is 4. The lowest BCUT2D eigenvalue weighted by Crippen LogP contribution is -2.11. The van der Waals surface area contributed by atoms with Gasteiger partial charge in [0.1, 0.15) is 22.3 Å². The molecule has 6 aromatic carbocycles. The summed E-state index contributed by atoms with van der Waals surface area (Å²) in [4.78, 5) is 10.00. The summed E-state index contributed by atoms with van der Waals surface area (Å²) < 4.78 is 12.6. The fourth-order valence-corrected chi connectivity index (χ4v) is 8.95.